The minimum absolute atomic E-state index is 0. The first kappa shape index (κ1) is 14.7. The highest BCUT2D eigenvalue weighted by molar-refractivity contribution is 6.31. The van der Waals surface area contributed by atoms with E-state index in [1.807, 2.05) is 18.2 Å². The largest absolute Gasteiger partial charge is 0.374 e. The lowest BCUT2D eigenvalue weighted by Gasteiger charge is -2.32. The molecule has 0 spiro atoms. The molecule has 0 aliphatic carbocycles. The van der Waals surface area contributed by atoms with Crippen LogP contribution in [0.5, 0.6) is 0 Å². The van der Waals surface area contributed by atoms with Gasteiger partial charge >= 0.3 is 0 Å². The Bertz CT molecular complexity index is 349. The van der Waals surface area contributed by atoms with E-state index in [2.05, 4.69) is 11.0 Å². The third kappa shape index (κ3) is 4.12. The third-order valence-corrected chi connectivity index (χ3v) is 3.21. The zero-order valence-electron chi connectivity index (χ0n) is 9.64. The number of nitrogens with two attached hydrogens (primary N) is 1. The van der Waals surface area contributed by atoms with Crippen molar-refractivity contribution >= 4 is 24.0 Å². The van der Waals surface area contributed by atoms with Gasteiger partial charge in [0.2, 0.25) is 0 Å². The van der Waals surface area contributed by atoms with E-state index in [4.69, 9.17) is 22.1 Å². The van der Waals surface area contributed by atoms with E-state index in [0.29, 0.717) is 6.54 Å². The van der Waals surface area contributed by atoms with E-state index in [1.54, 1.807) is 0 Å². The van der Waals surface area contributed by atoms with Crippen LogP contribution in [0.1, 0.15) is 5.56 Å². The van der Waals surface area contributed by atoms with Crippen molar-refractivity contribution in [2.24, 2.45) is 5.73 Å². The van der Waals surface area contributed by atoms with Crippen LogP contribution in [0.4, 0.5) is 0 Å². The molecule has 1 heterocycles. The minimum atomic E-state index is 0. The number of halogens is 2. The molecule has 1 aromatic rings. The smallest absolute Gasteiger partial charge is 0.0824 e. The fourth-order valence-corrected chi connectivity index (χ4v) is 2.13. The normalized spacial score (nSPS) is 20.9. The lowest BCUT2D eigenvalue weighted by Crippen LogP contribution is -2.45. The van der Waals surface area contributed by atoms with Gasteiger partial charge in [0.1, 0.15) is 0 Å². The van der Waals surface area contributed by atoms with Crippen molar-refractivity contribution in [3.63, 3.8) is 0 Å². The molecule has 1 saturated heterocycles. The molecule has 0 bridgehead atoms. The molecule has 0 aromatic heterocycles. The van der Waals surface area contributed by atoms with Gasteiger partial charge in [-0.3, -0.25) is 4.90 Å². The maximum atomic E-state index is 6.13. The van der Waals surface area contributed by atoms with E-state index in [1.165, 1.54) is 5.56 Å². The van der Waals surface area contributed by atoms with E-state index in [-0.39, 0.29) is 18.5 Å². The van der Waals surface area contributed by atoms with Crippen LogP contribution in [-0.4, -0.2) is 37.2 Å². The third-order valence-electron chi connectivity index (χ3n) is 2.84. The minimum Gasteiger partial charge on any atom is -0.374 e. The van der Waals surface area contributed by atoms with Gasteiger partial charge in [0.05, 0.1) is 12.7 Å². The van der Waals surface area contributed by atoms with Crippen molar-refractivity contribution in [1.29, 1.82) is 0 Å². The monoisotopic (exact) mass is 276 g/mol. The van der Waals surface area contributed by atoms with E-state index >= 15 is 0 Å². The topological polar surface area (TPSA) is 38.5 Å². The number of hydrogen-bond donors (Lipinski definition) is 1. The van der Waals surface area contributed by atoms with Crippen LogP contribution in [0.25, 0.3) is 0 Å². The second kappa shape index (κ2) is 7.19. The molecule has 5 heteroatoms. The van der Waals surface area contributed by atoms with Gasteiger partial charge in [0.15, 0.2) is 0 Å². The predicted molar refractivity (Wildman–Crippen MR) is 72.8 cm³/mol. The molecule has 1 unspecified atom stereocenters. The summed E-state index contributed by atoms with van der Waals surface area (Å²) in [5, 5.41) is 0.832. The van der Waals surface area contributed by atoms with Crippen molar-refractivity contribution in [1.82, 2.24) is 4.90 Å². The average molecular weight is 277 g/mol. The zero-order valence-corrected chi connectivity index (χ0v) is 11.2. The zero-order chi connectivity index (χ0) is 11.4. The fourth-order valence-electron chi connectivity index (χ4n) is 1.93. The van der Waals surface area contributed by atoms with Crippen molar-refractivity contribution in [3.8, 4) is 0 Å². The Labute approximate surface area is 113 Å². The summed E-state index contributed by atoms with van der Waals surface area (Å²) in [6.07, 6.45) is 0.163. The summed E-state index contributed by atoms with van der Waals surface area (Å²) in [6, 6.07) is 7.96. The van der Waals surface area contributed by atoms with Gasteiger partial charge in [-0.05, 0) is 11.6 Å². The number of ether oxygens (including phenoxy) is 1. The second-order valence-electron chi connectivity index (χ2n) is 4.06. The van der Waals surface area contributed by atoms with Gasteiger partial charge in [-0.15, -0.1) is 12.4 Å². The van der Waals surface area contributed by atoms with Crippen LogP contribution >= 0.6 is 24.0 Å². The van der Waals surface area contributed by atoms with E-state index in [0.717, 1.165) is 31.3 Å². The van der Waals surface area contributed by atoms with Gasteiger partial charge in [-0.2, -0.15) is 0 Å². The molecule has 0 amide bonds. The summed E-state index contributed by atoms with van der Waals surface area (Å²) < 4.78 is 5.53. The first-order valence-corrected chi connectivity index (χ1v) is 5.95. The molecular weight excluding hydrogens is 259 g/mol. The van der Waals surface area contributed by atoms with Crippen molar-refractivity contribution in [3.05, 3.63) is 34.9 Å². The molecule has 2 N–H and O–H groups in total. The lowest BCUT2D eigenvalue weighted by molar-refractivity contribution is -0.0260. The van der Waals surface area contributed by atoms with Gasteiger partial charge in [-0.1, -0.05) is 29.8 Å². The standard InChI is InChI=1S/C12H17ClN2O.ClH/c13-12-4-2-1-3-10(12)8-15-5-6-16-11(7-14)9-15;/h1-4,11H,5-9,14H2;1H. The van der Waals surface area contributed by atoms with E-state index < -0.39 is 0 Å². The Hall–Kier alpha value is -0.320. The van der Waals surface area contributed by atoms with Crippen LogP contribution in [0.2, 0.25) is 5.02 Å². The van der Waals surface area contributed by atoms with Gasteiger partial charge in [0.25, 0.3) is 0 Å². The van der Waals surface area contributed by atoms with Crippen LogP contribution in [-0.2, 0) is 11.3 Å². The lowest BCUT2D eigenvalue weighted by atomic mass is 10.2. The summed E-state index contributed by atoms with van der Waals surface area (Å²) in [4.78, 5) is 2.34. The number of morpholine rings is 1. The molecule has 1 aliphatic heterocycles. The summed E-state index contributed by atoms with van der Waals surface area (Å²) in [5.41, 5.74) is 6.78. The molecule has 1 fully saturated rings. The molecule has 0 saturated carbocycles. The molecule has 96 valence electrons. The fraction of sp³-hybridized carbons (Fsp3) is 0.500. The Balaban J connectivity index is 0.00000144. The highest BCUT2D eigenvalue weighted by Crippen LogP contribution is 2.18. The first-order chi connectivity index (χ1) is 7.79. The summed E-state index contributed by atoms with van der Waals surface area (Å²) in [7, 11) is 0. The molecule has 1 atom stereocenters. The van der Waals surface area contributed by atoms with Gasteiger partial charge in [-0.25, -0.2) is 0 Å². The quantitative estimate of drug-likeness (QED) is 0.917. The SMILES string of the molecule is Cl.NCC1CN(Cc2ccccc2Cl)CCO1. The Morgan fingerprint density at radius 1 is 1.41 bits per heavy atom. The predicted octanol–water partition coefficient (Wildman–Crippen LogP) is 1.92. The summed E-state index contributed by atoms with van der Waals surface area (Å²) in [6.45, 7) is 4.05. The molecule has 2 rings (SSSR count). The number of nitrogens with zero attached hydrogens (tertiary/aromatic N) is 1. The number of rotatable bonds is 3. The highest BCUT2D eigenvalue weighted by atomic mass is 35.5. The molecule has 0 radical (unpaired) electrons. The molecule has 1 aromatic carbocycles. The summed E-state index contributed by atoms with van der Waals surface area (Å²) >= 11 is 6.13. The van der Waals surface area contributed by atoms with Crippen molar-refractivity contribution < 1.29 is 4.74 Å². The molecule has 17 heavy (non-hydrogen) atoms. The maximum absolute atomic E-state index is 6.13. The average Bonchev–Trinajstić information content (AvgIpc) is 2.32. The van der Waals surface area contributed by atoms with E-state index in [9.17, 15) is 0 Å². The molecular formula is C12H18Cl2N2O. The van der Waals surface area contributed by atoms with Crippen LogP contribution < -0.4 is 5.73 Å². The van der Waals surface area contributed by atoms with Crippen LogP contribution in [0, 0.1) is 0 Å². The maximum Gasteiger partial charge on any atom is 0.0824 e. The highest BCUT2D eigenvalue weighted by Gasteiger charge is 2.19. The van der Waals surface area contributed by atoms with Gasteiger partial charge in [0, 0.05) is 31.2 Å². The molecule has 1 aliphatic rings. The number of hydrogen-bond acceptors (Lipinski definition) is 3. The van der Waals surface area contributed by atoms with Crippen LogP contribution in [0.3, 0.4) is 0 Å². The first-order valence-electron chi connectivity index (χ1n) is 5.57. The Morgan fingerprint density at radius 2 is 2.18 bits per heavy atom. The number of benzene rings is 1. The van der Waals surface area contributed by atoms with Crippen LogP contribution in [0.15, 0.2) is 24.3 Å². The summed E-state index contributed by atoms with van der Waals surface area (Å²) in [5.74, 6) is 0. The van der Waals surface area contributed by atoms with Gasteiger partial charge < -0.3 is 10.5 Å². The molecule has 3 nitrogen and oxygen atoms in total. The van der Waals surface area contributed by atoms with Crippen molar-refractivity contribution in [2.75, 3.05) is 26.2 Å². The Morgan fingerprint density at radius 3 is 2.88 bits per heavy atom. The second-order valence-corrected chi connectivity index (χ2v) is 4.46. The Kier molecular flexibility index (Phi) is 6.23. The van der Waals surface area contributed by atoms with Crippen molar-refractivity contribution in [2.45, 2.75) is 12.6 Å².